The number of benzene rings is 2. The van der Waals surface area contributed by atoms with Gasteiger partial charge in [0, 0.05) is 16.8 Å². The molecule has 3 rings (SSSR count). The highest BCUT2D eigenvalue weighted by molar-refractivity contribution is 6.07. The topological polar surface area (TPSA) is 34.4 Å². The van der Waals surface area contributed by atoms with Crippen LogP contribution >= 0.6 is 0 Å². The van der Waals surface area contributed by atoms with Gasteiger partial charge in [-0.1, -0.05) is 18.2 Å². The molecule has 0 radical (unpaired) electrons. The van der Waals surface area contributed by atoms with E-state index < -0.39 is 0 Å². The van der Waals surface area contributed by atoms with Gasteiger partial charge in [0.15, 0.2) is 0 Å². The van der Waals surface area contributed by atoms with E-state index in [4.69, 9.17) is 0 Å². The molecule has 16 heavy (non-hydrogen) atoms. The smallest absolute Gasteiger partial charge is 0.125 e. The van der Waals surface area contributed by atoms with Crippen molar-refractivity contribution >= 4 is 21.8 Å². The Labute approximate surface area is 90.0 Å². The Balaban J connectivity index is 2.63. The summed E-state index contributed by atoms with van der Waals surface area (Å²) in [5.74, 6) is -0.375. The highest BCUT2D eigenvalue weighted by Crippen LogP contribution is 2.28. The lowest BCUT2D eigenvalue weighted by atomic mass is 10.1. The van der Waals surface area contributed by atoms with Crippen LogP contribution < -0.4 is 0 Å². The van der Waals surface area contributed by atoms with Crippen molar-refractivity contribution in [1.29, 1.82) is 0 Å². The van der Waals surface area contributed by atoms with E-state index in [0.717, 1.165) is 10.8 Å². The second-order valence-corrected chi connectivity index (χ2v) is 3.57. The SMILES string of the molecule is O=Nn1c2ccccc2c2ccc(F)cc21. The predicted molar refractivity (Wildman–Crippen MR) is 60.6 cm³/mol. The van der Waals surface area contributed by atoms with Gasteiger partial charge in [-0.3, -0.25) is 0 Å². The molecule has 0 bridgehead atoms. The van der Waals surface area contributed by atoms with Crippen LogP contribution in [0.25, 0.3) is 21.8 Å². The molecule has 2 aromatic carbocycles. The molecule has 4 heteroatoms. The van der Waals surface area contributed by atoms with E-state index >= 15 is 0 Å². The van der Waals surface area contributed by atoms with E-state index in [1.807, 2.05) is 18.2 Å². The van der Waals surface area contributed by atoms with Crippen molar-refractivity contribution in [1.82, 2.24) is 4.68 Å². The first kappa shape index (κ1) is 9.03. The summed E-state index contributed by atoms with van der Waals surface area (Å²) < 4.78 is 14.3. The minimum atomic E-state index is -0.375. The van der Waals surface area contributed by atoms with Gasteiger partial charge in [-0.25, -0.2) is 4.39 Å². The maximum atomic E-state index is 13.1. The van der Waals surface area contributed by atoms with Crippen LogP contribution in [-0.4, -0.2) is 4.68 Å². The number of halogens is 1. The van der Waals surface area contributed by atoms with Gasteiger partial charge in [-0.15, -0.1) is 4.91 Å². The van der Waals surface area contributed by atoms with E-state index in [1.54, 1.807) is 12.1 Å². The van der Waals surface area contributed by atoms with Gasteiger partial charge in [-0.2, -0.15) is 4.68 Å². The fourth-order valence-electron chi connectivity index (χ4n) is 2.01. The summed E-state index contributed by atoms with van der Waals surface area (Å²) in [7, 11) is 0. The summed E-state index contributed by atoms with van der Waals surface area (Å²) in [5, 5.41) is 4.66. The fourth-order valence-corrected chi connectivity index (χ4v) is 2.01. The molecule has 0 aliphatic heterocycles. The largest absolute Gasteiger partial charge is 0.207 e. The number of fused-ring (bicyclic) bond motifs is 3. The lowest BCUT2D eigenvalue weighted by molar-refractivity contribution is 0.629. The third-order valence-electron chi connectivity index (χ3n) is 2.69. The molecule has 0 saturated carbocycles. The summed E-state index contributed by atoms with van der Waals surface area (Å²) in [4.78, 5) is 10.8. The van der Waals surface area contributed by atoms with Crippen LogP contribution in [0.5, 0.6) is 0 Å². The number of rotatable bonds is 1. The maximum absolute atomic E-state index is 13.1. The van der Waals surface area contributed by atoms with Crippen LogP contribution in [0.4, 0.5) is 4.39 Å². The van der Waals surface area contributed by atoms with Crippen molar-refractivity contribution < 1.29 is 4.39 Å². The molecule has 78 valence electrons. The van der Waals surface area contributed by atoms with Crippen molar-refractivity contribution in [3.63, 3.8) is 0 Å². The van der Waals surface area contributed by atoms with Crippen molar-refractivity contribution in [2.24, 2.45) is 5.29 Å². The Morgan fingerprint density at radius 3 is 2.56 bits per heavy atom. The number of para-hydroxylation sites is 1. The number of aromatic nitrogens is 1. The summed E-state index contributed by atoms with van der Waals surface area (Å²) in [6.07, 6.45) is 0. The monoisotopic (exact) mass is 214 g/mol. The molecule has 0 unspecified atom stereocenters. The van der Waals surface area contributed by atoms with Gasteiger partial charge in [0.25, 0.3) is 0 Å². The molecule has 1 aromatic heterocycles. The first-order valence-electron chi connectivity index (χ1n) is 4.83. The molecule has 3 nitrogen and oxygen atoms in total. The molecule has 0 atom stereocenters. The average Bonchev–Trinajstić information content (AvgIpc) is 2.61. The second-order valence-electron chi connectivity index (χ2n) is 3.57. The van der Waals surface area contributed by atoms with Crippen LogP contribution in [0.3, 0.4) is 0 Å². The molecular weight excluding hydrogens is 207 g/mol. The highest BCUT2D eigenvalue weighted by Gasteiger charge is 2.10. The Hall–Kier alpha value is -2.23. The van der Waals surface area contributed by atoms with Crippen LogP contribution in [0.1, 0.15) is 0 Å². The Kier molecular flexibility index (Phi) is 1.77. The first-order valence-corrected chi connectivity index (χ1v) is 4.83. The molecule has 0 aliphatic carbocycles. The normalized spacial score (nSPS) is 11.1. The van der Waals surface area contributed by atoms with E-state index in [2.05, 4.69) is 5.29 Å². The number of hydrogen-bond acceptors (Lipinski definition) is 2. The minimum absolute atomic E-state index is 0.375. The quantitative estimate of drug-likeness (QED) is 0.571. The zero-order valence-electron chi connectivity index (χ0n) is 8.22. The number of nitrogens with zero attached hydrogens (tertiary/aromatic N) is 2. The van der Waals surface area contributed by atoms with Crippen LogP contribution in [0, 0.1) is 10.7 Å². The lowest BCUT2D eigenvalue weighted by Crippen LogP contribution is -1.85. The van der Waals surface area contributed by atoms with Gasteiger partial charge < -0.3 is 0 Å². The zero-order valence-corrected chi connectivity index (χ0v) is 8.22. The number of hydrogen-bond donors (Lipinski definition) is 0. The maximum Gasteiger partial charge on any atom is 0.125 e. The molecule has 0 aliphatic rings. The fraction of sp³-hybridized carbons (Fsp3) is 0. The summed E-state index contributed by atoms with van der Waals surface area (Å²) in [6.45, 7) is 0. The van der Waals surface area contributed by atoms with E-state index in [9.17, 15) is 9.30 Å². The molecule has 0 fully saturated rings. The molecule has 3 aromatic rings. The van der Waals surface area contributed by atoms with Crippen LogP contribution in [0.15, 0.2) is 47.8 Å². The van der Waals surface area contributed by atoms with Gasteiger partial charge in [0.2, 0.25) is 0 Å². The van der Waals surface area contributed by atoms with E-state index in [-0.39, 0.29) is 5.82 Å². The van der Waals surface area contributed by atoms with Gasteiger partial charge in [0.05, 0.1) is 16.3 Å². The average molecular weight is 214 g/mol. The Morgan fingerprint density at radius 2 is 1.75 bits per heavy atom. The van der Waals surface area contributed by atoms with E-state index in [1.165, 1.54) is 16.8 Å². The zero-order chi connectivity index (χ0) is 11.1. The first-order chi connectivity index (χ1) is 7.81. The predicted octanol–water partition coefficient (Wildman–Crippen LogP) is 3.46. The van der Waals surface area contributed by atoms with Crippen molar-refractivity contribution in [3.8, 4) is 0 Å². The molecule has 0 spiro atoms. The summed E-state index contributed by atoms with van der Waals surface area (Å²) >= 11 is 0. The summed E-state index contributed by atoms with van der Waals surface area (Å²) in [6, 6.07) is 11.7. The summed E-state index contributed by atoms with van der Waals surface area (Å²) in [5.41, 5.74) is 1.19. The van der Waals surface area contributed by atoms with Gasteiger partial charge in [-0.05, 0) is 18.2 Å². The molecule has 0 saturated heterocycles. The van der Waals surface area contributed by atoms with Crippen LogP contribution in [-0.2, 0) is 0 Å². The molecular formula is C12H7FN2O. The Morgan fingerprint density at radius 1 is 1.00 bits per heavy atom. The number of nitroso groups, excluding NO2 is 1. The molecule has 0 amide bonds. The van der Waals surface area contributed by atoms with Crippen molar-refractivity contribution in [3.05, 3.63) is 53.2 Å². The molecule has 0 N–H and O–H groups in total. The Bertz CT molecular complexity index is 703. The van der Waals surface area contributed by atoms with Gasteiger partial charge >= 0.3 is 0 Å². The van der Waals surface area contributed by atoms with Crippen molar-refractivity contribution in [2.45, 2.75) is 0 Å². The molecule has 1 heterocycles. The standard InChI is InChI=1S/C12H7FN2O/c13-8-5-6-10-9-3-1-2-4-11(9)15(14-16)12(10)7-8/h1-7H. The second kappa shape index (κ2) is 3.13. The highest BCUT2D eigenvalue weighted by atomic mass is 19.1. The lowest BCUT2D eigenvalue weighted by Gasteiger charge is -1.93. The van der Waals surface area contributed by atoms with E-state index in [0.29, 0.717) is 11.0 Å². The minimum Gasteiger partial charge on any atom is -0.207 e. The third kappa shape index (κ3) is 1.07. The van der Waals surface area contributed by atoms with Gasteiger partial charge in [0.1, 0.15) is 5.82 Å². The van der Waals surface area contributed by atoms with Crippen molar-refractivity contribution in [2.75, 3.05) is 0 Å². The van der Waals surface area contributed by atoms with Crippen LogP contribution in [0.2, 0.25) is 0 Å². The third-order valence-corrected chi connectivity index (χ3v) is 2.69.